The van der Waals surface area contributed by atoms with Gasteiger partial charge >= 0.3 is 0 Å². The number of methoxy groups -OCH3 is 1. The summed E-state index contributed by atoms with van der Waals surface area (Å²) in [6.07, 6.45) is 4.91. The van der Waals surface area contributed by atoms with Gasteiger partial charge in [-0.1, -0.05) is 30.9 Å². The molecule has 1 amide bonds. The highest BCUT2D eigenvalue weighted by molar-refractivity contribution is 7.10. The number of ketones is 1. The second-order valence-corrected chi connectivity index (χ2v) is 9.99. The summed E-state index contributed by atoms with van der Waals surface area (Å²) in [4.78, 5) is 29.6. The van der Waals surface area contributed by atoms with Crippen LogP contribution in [-0.2, 0) is 4.79 Å². The predicted octanol–water partition coefficient (Wildman–Crippen LogP) is 6.38. The van der Waals surface area contributed by atoms with Crippen LogP contribution in [0.2, 0.25) is 5.02 Å². The number of hydrogen-bond acceptors (Lipinski definition) is 6. The van der Waals surface area contributed by atoms with Crippen LogP contribution in [0, 0.1) is 6.92 Å². The summed E-state index contributed by atoms with van der Waals surface area (Å²) in [5.74, 6) is -1.05. The number of fused-ring (bicyclic) bond motifs is 1. The second kappa shape index (κ2) is 8.54. The van der Waals surface area contributed by atoms with Gasteiger partial charge in [0.05, 0.1) is 12.7 Å². The number of thiophene rings is 1. The summed E-state index contributed by atoms with van der Waals surface area (Å²) in [7, 11) is 1.50. The standard InChI is InChI=1S/C25H24ClNO5S/c1-13-8-9-33-24(13)20-19(22(29)25(30)27(20)16-6-4-3-5-7-16)21(28)17-11-14-10-15(26)12-18(31-2)23(14)32-17/h8-12,16,20,29H,3-7H2,1-2H3. The van der Waals surface area contributed by atoms with Crippen LogP contribution in [0.15, 0.2) is 45.4 Å². The molecule has 172 valence electrons. The number of ether oxygens (including phenoxy) is 1. The summed E-state index contributed by atoms with van der Waals surface area (Å²) in [5, 5.41) is 14.0. The molecule has 2 aliphatic rings. The molecule has 0 spiro atoms. The molecule has 3 aromatic rings. The summed E-state index contributed by atoms with van der Waals surface area (Å²) in [6.45, 7) is 1.96. The first-order valence-corrected chi connectivity index (χ1v) is 12.3. The number of hydrogen-bond donors (Lipinski definition) is 1. The van der Waals surface area contributed by atoms with Crippen LogP contribution in [-0.4, -0.2) is 34.8 Å². The van der Waals surface area contributed by atoms with Crippen molar-refractivity contribution in [3.63, 3.8) is 0 Å². The van der Waals surface area contributed by atoms with Crippen LogP contribution in [0.4, 0.5) is 0 Å². The van der Waals surface area contributed by atoms with Crippen LogP contribution in [0.25, 0.3) is 11.0 Å². The fourth-order valence-corrected chi connectivity index (χ4v) is 6.24. The Balaban J connectivity index is 1.62. The number of carbonyl (C=O) groups is 2. The molecular formula is C25H24ClNO5S. The molecule has 1 aromatic carbocycles. The third kappa shape index (κ3) is 3.63. The van der Waals surface area contributed by atoms with Gasteiger partial charge in [-0.3, -0.25) is 9.59 Å². The van der Waals surface area contributed by atoms with Gasteiger partial charge < -0.3 is 19.2 Å². The van der Waals surface area contributed by atoms with E-state index in [0.29, 0.717) is 21.7 Å². The Morgan fingerprint density at radius 1 is 1.24 bits per heavy atom. The molecule has 1 aliphatic carbocycles. The van der Waals surface area contributed by atoms with Gasteiger partial charge in [-0.05, 0) is 48.9 Å². The van der Waals surface area contributed by atoms with Gasteiger partial charge in [0.15, 0.2) is 22.9 Å². The Labute approximate surface area is 200 Å². The number of furan rings is 1. The zero-order valence-corrected chi connectivity index (χ0v) is 20.0. The molecule has 0 radical (unpaired) electrons. The molecule has 2 aromatic heterocycles. The fraction of sp³-hybridized carbons (Fsp3) is 0.360. The van der Waals surface area contributed by atoms with Gasteiger partial charge in [0.2, 0.25) is 5.78 Å². The minimum absolute atomic E-state index is 0.0141. The molecule has 1 unspecified atom stereocenters. The van der Waals surface area contributed by atoms with E-state index in [-0.39, 0.29) is 17.4 Å². The largest absolute Gasteiger partial charge is 0.503 e. The van der Waals surface area contributed by atoms with Crippen LogP contribution in [0.1, 0.15) is 59.1 Å². The Hall–Kier alpha value is -2.77. The summed E-state index contributed by atoms with van der Waals surface area (Å²) < 4.78 is 11.2. The normalized spacial score (nSPS) is 19.7. The van der Waals surface area contributed by atoms with Crippen LogP contribution in [0.3, 0.4) is 0 Å². The van der Waals surface area contributed by atoms with E-state index in [1.807, 2.05) is 18.4 Å². The lowest BCUT2D eigenvalue weighted by Gasteiger charge is -2.36. The molecule has 1 N–H and O–H groups in total. The van der Waals surface area contributed by atoms with Gasteiger partial charge in [-0.15, -0.1) is 11.3 Å². The average molecular weight is 486 g/mol. The lowest BCUT2D eigenvalue weighted by Crippen LogP contribution is -2.41. The molecule has 5 rings (SSSR count). The second-order valence-electron chi connectivity index (χ2n) is 8.60. The van der Waals surface area contributed by atoms with Crippen molar-refractivity contribution in [3.05, 3.63) is 62.2 Å². The molecule has 3 heterocycles. The van der Waals surface area contributed by atoms with E-state index in [1.54, 1.807) is 23.1 Å². The van der Waals surface area contributed by atoms with E-state index in [1.165, 1.54) is 18.4 Å². The van der Waals surface area contributed by atoms with Crippen LogP contribution < -0.4 is 4.74 Å². The number of rotatable bonds is 5. The molecule has 1 fully saturated rings. The Kier molecular flexibility index (Phi) is 5.70. The Bertz CT molecular complexity index is 1280. The zero-order valence-electron chi connectivity index (χ0n) is 18.4. The SMILES string of the molecule is COc1cc(Cl)cc2cc(C(=O)C3=C(O)C(=O)N(C4CCCCC4)C3c3sccc3C)oc12. The number of benzene rings is 1. The maximum Gasteiger partial charge on any atom is 0.290 e. The van der Waals surface area contributed by atoms with Crippen molar-refractivity contribution in [3.8, 4) is 5.75 Å². The molecule has 33 heavy (non-hydrogen) atoms. The summed E-state index contributed by atoms with van der Waals surface area (Å²) >= 11 is 7.66. The van der Waals surface area contributed by atoms with E-state index in [2.05, 4.69) is 0 Å². The highest BCUT2D eigenvalue weighted by Gasteiger charge is 2.48. The minimum atomic E-state index is -0.633. The van der Waals surface area contributed by atoms with Crippen molar-refractivity contribution < 1.29 is 23.8 Å². The first kappa shape index (κ1) is 22.0. The molecule has 8 heteroatoms. The fourth-order valence-electron chi connectivity index (χ4n) is 5.00. The molecule has 0 saturated heterocycles. The van der Waals surface area contributed by atoms with E-state index in [0.717, 1.165) is 42.5 Å². The minimum Gasteiger partial charge on any atom is -0.503 e. The van der Waals surface area contributed by atoms with Crippen molar-refractivity contribution in [2.24, 2.45) is 0 Å². The van der Waals surface area contributed by atoms with Gasteiger partial charge in [-0.2, -0.15) is 0 Å². The van der Waals surface area contributed by atoms with Gasteiger partial charge in [0, 0.05) is 27.4 Å². The number of nitrogens with zero attached hydrogens (tertiary/aromatic N) is 1. The first-order chi connectivity index (χ1) is 15.9. The van der Waals surface area contributed by atoms with Crippen molar-refractivity contribution in [2.75, 3.05) is 7.11 Å². The number of aliphatic hydroxyl groups excluding tert-OH is 1. The third-order valence-electron chi connectivity index (χ3n) is 6.60. The van der Waals surface area contributed by atoms with E-state index < -0.39 is 23.5 Å². The topological polar surface area (TPSA) is 80.0 Å². The van der Waals surface area contributed by atoms with E-state index >= 15 is 0 Å². The van der Waals surface area contributed by atoms with Crippen molar-refractivity contribution >= 4 is 45.6 Å². The van der Waals surface area contributed by atoms with Crippen molar-refractivity contribution in [1.29, 1.82) is 0 Å². The monoisotopic (exact) mass is 485 g/mol. The number of amides is 1. The highest BCUT2D eigenvalue weighted by Crippen LogP contribution is 2.46. The number of carbonyl (C=O) groups excluding carboxylic acids is 2. The lowest BCUT2D eigenvalue weighted by atomic mass is 9.91. The third-order valence-corrected chi connectivity index (χ3v) is 7.89. The first-order valence-electron chi connectivity index (χ1n) is 11.0. The van der Waals surface area contributed by atoms with Crippen molar-refractivity contribution in [2.45, 2.75) is 51.1 Å². The summed E-state index contributed by atoms with van der Waals surface area (Å²) in [6, 6.07) is 6.20. The molecule has 6 nitrogen and oxygen atoms in total. The Morgan fingerprint density at radius 2 is 2.00 bits per heavy atom. The number of aryl methyl sites for hydroxylation is 1. The van der Waals surface area contributed by atoms with Gasteiger partial charge in [0.1, 0.15) is 6.04 Å². The van der Waals surface area contributed by atoms with E-state index in [4.69, 9.17) is 20.8 Å². The molecular weight excluding hydrogens is 462 g/mol. The molecule has 1 saturated carbocycles. The van der Waals surface area contributed by atoms with E-state index in [9.17, 15) is 14.7 Å². The maximum absolute atomic E-state index is 13.7. The predicted molar refractivity (Wildman–Crippen MR) is 127 cm³/mol. The average Bonchev–Trinajstić information content (AvgIpc) is 3.49. The maximum atomic E-state index is 13.7. The van der Waals surface area contributed by atoms with Crippen molar-refractivity contribution in [1.82, 2.24) is 4.90 Å². The van der Waals surface area contributed by atoms with Gasteiger partial charge in [-0.25, -0.2) is 0 Å². The summed E-state index contributed by atoms with van der Waals surface area (Å²) in [5.41, 5.74) is 1.44. The number of halogens is 1. The molecule has 1 aliphatic heterocycles. The number of Topliss-reactive ketones (excluding diaryl/α,β-unsaturated/α-hetero) is 1. The molecule has 1 atom stereocenters. The van der Waals surface area contributed by atoms with Gasteiger partial charge in [0.25, 0.3) is 5.91 Å². The molecule has 0 bridgehead atoms. The Morgan fingerprint density at radius 3 is 2.67 bits per heavy atom. The highest BCUT2D eigenvalue weighted by atomic mass is 35.5. The van der Waals surface area contributed by atoms with Crippen LogP contribution >= 0.6 is 22.9 Å². The number of aliphatic hydroxyl groups is 1. The zero-order chi connectivity index (χ0) is 23.3. The lowest BCUT2D eigenvalue weighted by molar-refractivity contribution is -0.132. The smallest absolute Gasteiger partial charge is 0.290 e. The van der Waals surface area contributed by atoms with Crippen LogP contribution in [0.5, 0.6) is 5.75 Å². The quantitative estimate of drug-likeness (QED) is 0.424.